The summed E-state index contributed by atoms with van der Waals surface area (Å²) in [4.78, 5) is 22.6. The van der Waals surface area contributed by atoms with Crippen molar-refractivity contribution < 1.29 is 4.79 Å². The van der Waals surface area contributed by atoms with Gasteiger partial charge in [-0.3, -0.25) is 9.78 Å². The quantitative estimate of drug-likeness (QED) is 0.729. The number of aryl methyl sites for hydroxylation is 2. The smallest absolute Gasteiger partial charge is 0.227 e. The number of para-hydroxylation sites is 1. The zero-order valence-electron chi connectivity index (χ0n) is 16.0. The summed E-state index contributed by atoms with van der Waals surface area (Å²) in [5.41, 5.74) is 5.66. The number of benzene rings is 1. The zero-order valence-corrected chi connectivity index (χ0v) is 16.0. The molecule has 0 unspecified atom stereocenters. The van der Waals surface area contributed by atoms with Gasteiger partial charge in [-0.1, -0.05) is 31.2 Å². The van der Waals surface area contributed by atoms with Crippen LogP contribution in [0.2, 0.25) is 0 Å². The normalized spacial score (nSPS) is 12.3. The third-order valence-corrected chi connectivity index (χ3v) is 5.24. The Morgan fingerprint density at radius 3 is 2.73 bits per heavy atom. The van der Waals surface area contributed by atoms with Crippen LogP contribution in [0.25, 0.3) is 10.9 Å². The molecular formula is C22H27N3O. The van der Waals surface area contributed by atoms with E-state index < -0.39 is 0 Å². The lowest BCUT2D eigenvalue weighted by atomic mass is 10.0. The van der Waals surface area contributed by atoms with E-state index in [2.05, 4.69) is 48.9 Å². The third-order valence-electron chi connectivity index (χ3n) is 5.24. The van der Waals surface area contributed by atoms with Crippen molar-refractivity contribution in [1.82, 2.24) is 14.9 Å². The molecule has 0 aliphatic heterocycles. The molecule has 0 spiro atoms. The predicted octanol–water partition coefficient (Wildman–Crippen LogP) is 4.07. The van der Waals surface area contributed by atoms with Crippen LogP contribution in [0, 0.1) is 6.92 Å². The fourth-order valence-electron chi connectivity index (χ4n) is 3.47. The highest BCUT2D eigenvalue weighted by Gasteiger charge is 2.20. The number of aromatic nitrogens is 2. The Morgan fingerprint density at radius 1 is 1.23 bits per heavy atom. The van der Waals surface area contributed by atoms with E-state index in [1.165, 1.54) is 16.5 Å². The van der Waals surface area contributed by atoms with Gasteiger partial charge in [0.05, 0.1) is 6.42 Å². The number of carbonyl (C=O) groups excluding carboxylic acids is 1. The minimum atomic E-state index is 0.106. The van der Waals surface area contributed by atoms with Crippen LogP contribution in [0.3, 0.4) is 0 Å². The second kappa shape index (κ2) is 7.73. The number of nitrogens with zero attached hydrogens (tertiary/aromatic N) is 2. The molecule has 2 aromatic heterocycles. The number of aromatic amines is 1. The van der Waals surface area contributed by atoms with Gasteiger partial charge in [0.1, 0.15) is 0 Å². The average molecular weight is 349 g/mol. The lowest BCUT2D eigenvalue weighted by Crippen LogP contribution is -2.37. The molecule has 0 fully saturated rings. The topological polar surface area (TPSA) is 49.0 Å². The van der Waals surface area contributed by atoms with Gasteiger partial charge in [0.25, 0.3) is 0 Å². The van der Waals surface area contributed by atoms with Crippen molar-refractivity contribution in [2.45, 2.75) is 46.1 Å². The van der Waals surface area contributed by atoms with Crippen LogP contribution < -0.4 is 0 Å². The van der Waals surface area contributed by atoms with Gasteiger partial charge in [-0.05, 0) is 43.5 Å². The Morgan fingerprint density at radius 2 is 2.04 bits per heavy atom. The number of hydrogen-bond acceptors (Lipinski definition) is 2. The maximum absolute atomic E-state index is 12.9. The lowest BCUT2D eigenvalue weighted by Gasteiger charge is -2.25. The number of amides is 1. The molecule has 1 N–H and O–H groups in total. The van der Waals surface area contributed by atoms with Gasteiger partial charge in [-0.25, -0.2) is 0 Å². The molecule has 0 bridgehead atoms. The molecule has 0 saturated heterocycles. The Balaban J connectivity index is 1.77. The summed E-state index contributed by atoms with van der Waals surface area (Å²) in [6.45, 7) is 6.28. The minimum Gasteiger partial charge on any atom is -0.358 e. The Hall–Kier alpha value is -2.62. The molecule has 1 amide bonds. The fraction of sp³-hybridized carbons (Fsp3) is 0.364. The van der Waals surface area contributed by atoms with Crippen molar-refractivity contribution in [1.29, 1.82) is 0 Å². The van der Waals surface area contributed by atoms with E-state index >= 15 is 0 Å². The van der Waals surface area contributed by atoms with Crippen molar-refractivity contribution in [3.63, 3.8) is 0 Å². The molecule has 136 valence electrons. The van der Waals surface area contributed by atoms with Crippen molar-refractivity contribution >= 4 is 16.8 Å². The highest BCUT2D eigenvalue weighted by atomic mass is 16.2. The summed E-state index contributed by atoms with van der Waals surface area (Å²) in [5, 5.41) is 1.17. The zero-order chi connectivity index (χ0) is 18.7. The number of fused-ring (bicyclic) bond motifs is 1. The van der Waals surface area contributed by atoms with Crippen LogP contribution in [-0.4, -0.2) is 33.9 Å². The lowest BCUT2D eigenvalue weighted by molar-refractivity contribution is -0.130. The van der Waals surface area contributed by atoms with E-state index in [0.29, 0.717) is 6.42 Å². The van der Waals surface area contributed by atoms with Crippen LogP contribution in [0.15, 0.2) is 42.6 Å². The largest absolute Gasteiger partial charge is 0.358 e. The summed E-state index contributed by atoms with van der Waals surface area (Å²) in [7, 11) is 1.89. The van der Waals surface area contributed by atoms with Crippen molar-refractivity contribution in [2.24, 2.45) is 0 Å². The highest BCUT2D eigenvalue weighted by molar-refractivity contribution is 5.91. The Kier molecular flexibility index (Phi) is 5.40. The van der Waals surface area contributed by atoms with E-state index in [4.69, 9.17) is 0 Å². The van der Waals surface area contributed by atoms with Crippen LogP contribution in [-0.2, 0) is 24.1 Å². The SMILES string of the molecule is CCc1cccc2c(CC(=O)N(C)[C@H](C)Cc3ccccn3)c(C)[nH]c12. The number of likely N-dealkylation sites (N-methyl/N-ethyl adjacent to an activating group) is 1. The van der Waals surface area contributed by atoms with E-state index in [1.54, 1.807) is 6.20 Å². The van der Waals surface area contributed by atoms with E-state index in [-0.39, 0.29) is 11.9 Å². The second-order valence-electron chi connectivity index (χ2n) is 6.98. The number of pyridine rings is 1. The molecule has 3 aromatic rings. The summed E-state index contributed by atoms with van der Waals surface area (Å²) in [6, 6.07) is 12.3. The van der Waals surface area contributed by atoms with Crippen molar-refractivity contribution in [2.75, 3.05) is 7.05 Å². The molecule has 1 aromatic carbocycles. The van der Waals surface area contributed by atoms with E-state index in [0.717, 1.165) is 29.8 Å². The van der Waals surface area contributed by atoms with Crippen LogP contribution >= 0.6 is 0 Å². The molecule has 0 aliphatic carbocycles. The first-order chi connectivity index (χ1) is 12.5. The molecule has 4 heteroatoms. The molecule has 1 atom stereocenters. The predicted molar refractivity (Wildman–Crippen MR) is 106 cm³/mol. The van der Waals surface area contributed by atoms with Gasteiger partial charge in [-0.2, -0.15) is 0 Å². The summed E-state index contributed by atoms with van der Waals surface area (Å²) in [6.07, 6.45) is 3.95. The van der Waals surface area contributed by atoms with Gasteiger partial charge in [0, 0.05) is 48.0 Å². The average Bonchev–Trinajstić information content (AvgIpc) is 2.97. The fourth-order valence-corrected chi connectivity index (χ4v) is 3.47. The Labute approximate surface area is 155 Å². The van der Waals surface area contributed by atoms with Gasteiger partial charge < -0.3 is 9.88 Å². The van der Waals surface area contributed by atoms with Crippen molar-refractivity contribution in [3.05, 3.63) is 65.1 Å². The molecule has 0 saturated carbocycles. The van der Waals surface area contributed by atoms with Crippen LogP contribution in [0.5, 0.6) is 0 Å². The number of rotatable bonds is 6. The van der Waals surface area contributed by atoms with Crippen LogP contribution in [0.4, 0.5) is 0 Å². The van der Waals surface area contributed by atoms with Gasteiger partial charge in [-0.15, -0.1) is 0 Å². The third kappa shape index (κ3) is 3.64. The van der Waals surface area contributed by atoms with Gasteiger partial charge in [0.15, 0.2) is 0 Å². The van der Waals surface area contributed by atoms with E-state index in [9.17, 15) is 4.79 Å². The molecule has 3 rings (SSSR count). The summed E-state index contributed by atoms with van der Waals surface area (Å²) >= 11 is 0. The molecule has 4 nitrogen and oxygen atoms in total. The number of hydrogen-bond donors (Lipinski definition) is 1. The van der Waals surface area contributed by atoms with Crippen molar-refractivity contribution in [3.8, 4) is 0 Å². The molecule has 0 aliphatic rings. The monoisotopic (exact) mass is 349 g/mol. The number of carbonyl (C=O) groups is 1. The molecule has 26 heavy (non-hydrogen) atoms. The molecule has 0 radical (unpaired) electrons. The number of nitrogens with one attached hydrogen (secondary N) is 1. The standard InChI is InChI=1S/C22H27N3O/c1-5-17-9-8-11-19-20(16(3)24-22(17)19)14-21(26)25(4)15(2)13-18-10-6-7-12-23-18/h6-12,15,24H,5,13-14H2,1-4H3/t15-/m1/s1. The highest BCUT2D eigenvalue weighted by Crippen LogP contribution is 2.26. The molecular weight excluding hydrogens is 322 g/mol. The second-order valence-corrected chi connectivity index (χ2v) is 6.98. The number of H-pyrrole nitrogens is 1. The first-order valence-corrected chi connectivity index (χ1v) is 9.25. The summed E-state index contributed by atoms with van der Waals surface area (Å²) < 4.78 is 0. The maximum Gasteiger partial charge on any atom is 0.227 e. The first-order valence-electron chi connectivity index (χ1n) is 9.25. The Bertz CT molecular complexity index is 898. The first kappa shape index (κ1) is 18.2. The van der Waals surface area contributed by atoms with Gasteiger partial charge in [0.2, 0.25) is 5.91 Å². The van der Waals surface area contributed by atoms with E-state index in [1.807, 2.05) is 30.1 Å². The minimum absolute atomic E-state index is 0.106. The van der Waals surface area contributed by atoms with Gasteiger partial charge >= 0.3 is 0 Å². The summed E-state index contributed by atoms with van der Waals surface area (Å²) in [5.74, 6) is 0.138. The molecule has 2 heterocycles. The van der Waals surface area contributed by atoms with Crippen LogP contribution in [0.1, 0.15) is 36.4 Å². The maximum atomic E-state index is 12.9.